The summed E-state index contributed by atoms with van der Waals surface area (Å²) in [6.45, 7) is 1.28. The van der Waals surface area contributed by atoms with Crippen molar-refractivity contribution in [3.05, 3.63) is 0 Å². The zero-order chi connectivity index (χ0) is 9.19. The maximum absolute atomic E-state index is 11.0. The highest BCUT2D eigenvalue weighted by atomic mass is 16.6. The lowest BCUT2D eigenvalue weighted by Gasteiger charge is -2.22. The molecule has 0 aromatic rings. The number of esters is 2. The third kappa shape index (κ3) is 1.94. The zero-order valence-electron chi connectivity index (χ0n) is 6.70. The van der Waals surface area contributed by atoms with Crippen molar-refractivity contribution in [3.63, 3.8) is 0 Å². The van der Waals surface area contributed by atoms with Gasteiger partial charge in [-0.2, -0.15) is 0 Å². The van der Waals surface area contributed by atoms with Crippen LogP contribution in [0.5, 0.6) is 0 Å². The Labute approximate surface area is 69.3 Å². The minimum atomic E-state index is -1.75. The molecule has 1 saturated heterocycles. The van der Waals surface area contributed by atoms with Crippen LogP contribution in [-0.4, -0.2) is 35.9 Å². The summed E-state index contributed by atoms with van der Waals surface area (Å²) < 4.78 is 9.17. The van der Waals surface area contributed by atoms with Crippen molar-refractivity contribution in [3.8, 4) is 0 Å². The van der Waals surface area contributed by atoms with Gasteiger partial charge in [0.05, 0.1) is 6.42 Å². The van der Waals surface area contributed by atoms with Gasteiger partial charge < -0.3 is 14.6 Å². The highest BCUT2D eigenvalue weighted by Crippen LogP contribution is 2.14. The number of hydrogen-bond acceptors (Lipinski definition) is 5. The van der Waals surface area contributed by atoms with Crippen LogP contribution in [-0.2, 0) is 19.1 Å². The maximum atomic E-state index is 11.0. The molecule has 0 spiro atoms. The molecule has 12 heavy (non-hydrogen) atoms. The van der Waals surface area contributed by atoms with E-state index in [0.29, 0.717) is 0 Å². The minimum absolute atomic E-state index is 0.000718. The summed E-state index contributed by atoms with van der Waals surface area (Å²) in [6.07, 6.45) is -0.355. The molecule has 1 heterocycles. The fourth-order valence-electron chi connectivity index (χ4n) is 0.850. The van der Waals surface area contributed by atoms with E-state index >= 15 is 0 Å². The molecular formula is C7H10O5. The summed E-state index contributed by atoms with van der Waals surface area (Å²) in [5, 5.41) is 9.34. The predicted molar refractivity (Wildman–Crippen MR) is 37.2 cm³/mol. The van der Waals surface area contributed by atoms with Gasteiger partial charge in [-0.1, -0.05) is 0 Å². The van der Waals surface area contributed by atoms with Crippen LogP contribution in [0, 0.1) is 0 Å². The zero-order valence-corrected chi connectivity index (χ0v) is 6.70. The Balaban J connectivity index is 2.69. The van der Waals surface area contributed by atoms with Gasteiger partial charge in [-0.3, -0.25) is 4.79 Å². The molecule has 1 N–H and O–H groups in total. The second-order valence-corrected chi connectivity index (χ2v) is 2.81. The molecule has 1 fully saturated rings. The molecule has 5 nitrogen and oxygen atoms in total. The normalized spacial score (nSPS) is 31.5. The Bertz CT molecular complexity index is 208. The van der Waals surface area contributed by atoms with Gasteiger partial charge >= 0.3 is 11.9 Å². The van der Waals surface area contributed by atoms with Crippen LogP contribution in [0.1, 0.15) is 13.3 Å². The van der Waals surface area contributed by atoms with Gasteiger partial charge in [-0.25, -0.2) is 4.79 Å². The summed E-state index contributed by atoms with van der Waals surface area (Å²) in [5.74, 6) is -1.36. The van der Waals surface area contributed by atoms with Crippen molar-refractivity contribution < 1.29 is 24.2 Å². The van der Waals surface area contributed by atoms with Crippen LogP contribution < -0.4 is 0 Å². The number of aliphatic hydroxyl groups is 1. The molecule has 0 bridgehead atoms. The summed E-state index contributed by atoms with van der Waals surface area (Å²) in [4.78, 5) is 21.8. The van der Waals surface area contributed by atoms with Crippen molar-refractivity contribution in [2.45, 2.75) is 18.9 Å². The second kappa shape index (κ2) is 3.10. The Kier molecular flexibility index (Phi) is 2.32. The molecular weight excluding hydrogens is 164 g/mol. The summed E-state index contributed by atoms with van der Waals surface area (Å²) in [5.41, 5.74) is -1.75. The van der Waals surface area contributed by atoms with Crippen LogP contribution in [0.2, 0.25) is 0 Å². The highest BCUT2D eigenvalue weighted by Gasteiger charge is 2.36. The molecule has 1 atom stereocenters. The van der Waals surface area contributed by atoms with Gasteiger partial charge in [0.2, 0.25) is 0 Å². The SMILES string of the molecule is CC1(O)CC(=O)OCCOC1=O. The molecule has 0 aliphatic carbocycles. The second-order valence-electron chi connectivity index (χ2n) is 2.81. The monoisotopic (exact) mass is 174 g/mol. The van der Waals surface area contributed by atoms with Crippen molar-refractivity contribution in [2.75, 3.05) is 13.2 Å². The van der Waals surface area contributed by atoms with Crippen molar-refractivity contribution in [2.24, 2.45) is 0 Å². The van der Waals surface area contributed by atoms with Gasteiger partial charge in [0.25, 0.3) is 0 Å². The number of ether oxygens (including phenoxy) is 2. The van der Waals surface area contributed by atoms with Crippen molar-refractivity contribution in [1.29, 1.82) is 0 Å². The molecule has 68 valence electrons. The topological polar surface area (TPSA) is 72.8 Å². The smallest absolute Gasteiger partial charge is 0.338 e. The molecule has 0 aromatic heterocycles. The molecule has 1 aliphatic rings. The molecule has 0 amide bonds. The summed E-state index contributed by atoms with van der Waals surface area (Å²) in [6, 6.07) is 0. The Morgan fingerprint density at radius 1 is 1.33 bits per heavy atom. The molecule has 1 unspecified atom stereocenters. The molecule has 0 radical (unpaired) electrons. The number of carbonyl (C=O) groups is 2. The first kappa shape index (κ1) is 8.99. The van der Waals surface area contributed by atoms with Crippen molar-refractivity contribution in [1.82, 2.24) is 0 Å². The number of hydrogen-bond donors (Lipinski definition) is 1. The van der Waals surface area contributed by atoms with E-state index < -0.39 is 17.5 Å². The van der Waals surface area contributed by atoms with Crippen LogP contribution in [0.15, 0.2) is 0 Å². The summed E-state index contributed by atoms with van der Waals surface area (Å²) >= 11 is 0. The van der Waals surface area contributed by atoms with E-state index in [-0.39, 0.29) is 19.6 Å². The standard InChI is InChI=1S/C7H10O5/c1-7(10)4-5(8)11-2-3-12-6(7)9/h10H,2-4H2,1H3. The molecule has 5 heteroatoms. The highest BCUT2D eigenvalue weighted by molar-refractivity contribution is 5.85. The van der Waals surface area contributed by atoms with Crippen LogP contribution >= 0.6 is 0 Å². The fraction of sp³-hybridized carbons (Fsp3) is 0.714. The van der Waals surface area contributed by atoms with Crippen LogP contribution in [0.4, 0.5) is 0 Å². The lowest BCUT2D eigenvalue weighted by Crippen LogP contribution is -2.41. The fourth-order valence-corrected chi connectivity index (χ4v) is 0.850. The maximum Gasteiger partial charge on any atom is 0.338 e. The minimum Gasteiger partial charge on any atom is -0.462 e. The molecule has 1 aliphatic heterocycles. The van der Waals surface area contributed by atoms with E-state index in [4.69, 9.17) is 0 Å². The quantitative estimate of drug-likeness (QED) is 0.488. The van der Waals surface area contributed by atoms with E-state index in [2.05, 4.69) is 9.47 Å². The Morgan fingerprint density at radius 2 is 1.92 bits per heavy atom. The van der Waals surface area contributed by atoms with Gasteiger partial charge in [0.15, 0.2) is 5.60 Å². The van der Waals surface area contributed by atoms with Gasteiger partial charge in [0, 0.05) is 0 Å². The van der Waals surface area contributed by atoms with E-state index in [0.717, 1.165) is 0 Å². The van der Waals surface area contributed by atoms with Gasteiger partial charge in [-0.15, -0.1) is 0 Å². The van der Waals surface area contributed by atoms with Crippen LogP contribution in [0.3, 0.4) is 0 Å². The number of rotatable bonds is 0. The first-order chi connectivity index (χ1) is 5.52. The average molecular weight is 174 g/mol. The number of carbonyl (C=O) groups excluding carboxylic acids is 2. The number of cyclic esters (lactones) is 2. The largest absolute Gasteiger partial charge is 0.462 e. The van der Waals surface area contributed by atoms with Gasteiger partial charge in [-0.05, 0) is 6.92 Å². The molecule has 0 aromatic carbocycles. The molecule has 0 saturated carbocycles. The first-order valence-electron chi connectivity index (χ1n) is 3.57. The third-order valence-corrected chi connectivity index (χ3v) is 1.51. The predicted octanol–water partition coefficient (Wildman–Crippen LogP) is -0.773. The lowest BCUT2D eigenvalue weighted by molar-refractivity contribution is -0.178. The Hall–Kier alpha value is -1.10. The molecule has 1 rings (SSSR count). The Morgan fingerprint density at radius 3 is 2.58 bits per heavy atom. The first-order valence-corrected chi connectivity index (χ1v) is 3.57. The van der Waals surface area contributed by atoms with Gasteiger partial charge in [0.1, 0.15) is 13.2 Å². The van der Waals surface area contributed by atoms with E-state index in [1.54, 1.807) is 0 Å². The lowest BCUT2D eigenvalue weighted by atomic mass is 10.0. The van der Waals surface area contributed by atoms with E-state index in [9.17, 15) is 14.7 Å². The van der Waals surface area contributed by atoms with E-state index in [1.165, 1.54) is 6.92 Å². The summed E-state index contributed by atoms with van der Waals surface area (Å²) in [7, 11) is 0. The van der Waals surface area contributed by atoms with E-state index in [1.807, 2.05) is 0 Å². The third-order valence-electron chi connectivity index (χ3n) is 1.51. The van der Waals surface area contributed by atoms with Crippen molar-refractivity contribution >= 4 is 11.9 Å². The van der Waals surface area contributed by atoms with Crippen LogP contribution in [0.25, 0.3) is 0 Å². The average Bonchev–Trinajstić information content (AvgIpc) is 1.95.